The van der Waals surface area contributed by atoms with E-state index in [0.29, 0.717) is 23.2 Å². The van der Waals surface area contributed by atoms with Gasteiger partial charge in [-0.15, -0.1) is 12.4 Å². The molecule has 1 aliphatic rings. The third-order valence-electron chi connectivity index (χ3n) is 4.49. The van der Waals surface area contributed by atoms with E-state index in [0.717, 1.165) is 25.7 Å². The third kappa shape index (κ3) is 3.88. The SMILES string of the molecule is CCc1noc2ncc(S(=O)(=O)NCC3(N)CCCCC3)cc12.Cl. The lowest BCUT2D eigenvalue weighted by Crippen LogP contribution is -2.51. The highest BCUT2D eigenvalue weighted by molar-refractivity contribution is 7.89. The lowest BCUT2D eigenvalue weighted by molar-refractivity contribution is 0.296. The van der Waals surface area contributed by atoms with Gasteiger partial charge in [0.1, 0.15) is 4.90 Å². The van der Waals surface area contributed by atoms with Crippen LogP contribution in [0.2, 0.25) is 0 Å². The number of nitrogens with two attached hydrogens (primary N) is 1. The van der Waals surface area contributed by atoms with E-state index < -0.39 is 15.6 Å². The van der Waals surface area contributed by atoms with Crippen LogP contribution in [0.1, 0.15) is 44.7 Å². The standard InChI is InChI=1S/C15H22N4O3S.ClH/c1-2-13-12-8-11(9-17-14(12)22-19-13)23(20,21)18-10-15(16)6-4-3-5-7-15;/h8-9,18H,2-7,10,16H2,1H3;1H. The smallest absolute Gasteiger partial charge is 0.258 e. The second-order valence-electron chi connectivity index (χ2n) is 6.25. The first-order valence-electron chi connectivity index (χ1n) is 7.96. The quantitative estimate of drug-likeness (QED) is 0.829. The van der Waals surface area contributed by atoms with Gasteiger partial charge in [0.05, 0.1) is 17.3 Å². The summed E-state index contributed by atoms with van der Waals surface area (Å²) < 4.78 is 32.8. The molecule has 0 aromatic carbocycles. The summed E-state index contributed by atoms with van der Waals surface area (Å²) in [7, 11) is -3.65. The number of nitrogens with one attached hydrogen (secondary N) is 1. The van der Waals surface area contributed by atoms with E-state index >= 15 is 0 Å². The van der Waals surface area contributed by atoms with Crippen molar-refractivity contribution < 1.29 is 12.9 Å². The Morgan fingerprint density at radius 3 is 2.71 bits per heavy atom. The van der Waals surface area contributed by atoms with Crippen LogP contribution in [0.25, 0.3) is 11.1 Å². The zero-order valence-corrected chi connectivity index (χ0v) is 15.3. The molecular formula is C15H23ClN4O3S. The van der Waals surface area contributed by atoms with Crippen LogP contribution in [0.5, 0.6) is 0 Å². The molecule has 0 atom stereocenters. The van der Waals surface area contributed by atoms with Crippen LogP contribution in [-0.2, 0) is 16.4 Å². The van der Waals surface area contributed by atoms with E-state index in [2.05, 4.69) is 14.9 Å². The van der Waals surface area contributed by atoms with Crippen LogP contribution in [0.3, 0.4) is 0 Å². The van der Waals surface area contributed by atoms with Crippen LogP contribution in [0, 0.1) is 0 Å². The Labute approximate surface area is 147 Å². The number of fused-ring (bicyclic) bond motifs is 1. The molecule has 0 spiro atoms. The van der Waals surface area contributed by atoms with Gasteiger partial charge in [-0.2, -0.15) is 0 Å². The summed E-state index contributed by atoms with van der Waals surface area (Å²) in [5.41, 5.74) is 6.90. The van der Waals surface area contributed by atoms with Crippen molar-refractivity contribution in [2.24, 2.45) is 5.73 Å². The number of halogens is 1. The van der Waals surface area contributed by atoms with Gasteiger partial charge >= 0.3 is 0 Å². The second kappa shape index (κ2) is 7.35. The van der Waals surface area contributed by atoms with E-state index in [1.165, 1.54) is 12.6 Å². The highest BCUT2D eigenvalue weighted by Gasteiger charge is 2.29. The van der Waals surface area contributed by atoms with Crippen LogP contribution >= 0.6 is 12.4 Å². The molecule has 134 valence electrons. The molecule has 1 saturated carbocycles. The number of aryl methyl sites for hydroxylation is 1. The number of hydrogen-bond donors (Lipinski definition) is 2. The van der Waals surface area contributed by atoms with E-state index in [1.54, 1.807) is 6.07 Å². The van der Waals surface area contributed by atoms with Crippen molar-refractivity contribution in [3.05, 3.63) is 18.0 Å². The lowest BCUT2D eigenvalue weighted by atomic mass is 9.83. The van der Waals surface area contributed by atoms with Gasteiger partial charge in [-0.05, 0) is 25.3 Å². The molecular weight excluding hydrogens is 352 g/mol. The predicted octanol–water partition coefficient (Wildman–Crippen LogP) is 2.15. The summed E-state index contributed by atoms with van der Waals surface area (Å²) in [6.45, 7) is 2.18. The maximum atomic E-state index is 12.5. The average molecular weight is 375 g/mol. The first-order chi connectivity index (χ1) is 10.9. The predicted molar refractivity (Wildman–Crippen MR) is 93.6 cm³/mol. The number of hydrogen-bond acceptors (Lipinski definition) is 6. The Balaban J connectivity index is 0.00000208. The van der Waals surface area contributed by atoms with Gasteiger partial charge in [0.25, 0.3) is 5.71 Å². The van der Waals surface area contributed by atoms with Crippen molar-refractivity contribution in [2.45, 2.75) is 55.9 Å². The maximum absolute atomic E-state index is 12.5. The molecule has 0 bridgehead atoms. The van der Waals surface area contributed by atoms with Gasteiger partial charge in [-0.1, -0.05) is 31.3 Å². The molecule has 9 heteroatoms. The molecule has 0 aliphatic heterocycles. The Kier molecular flexibility index (Phi) is 5.85. The minimum atomic E-state index is -3.65. The Morgan fingerprint density at radius 2 is 2.04 bits per heavy atom. The highest BCUT2D eigenvalue weighted by atomic mass is 35.5. The van der Waals surface area contributed by atoms with Crippen LogP contribution in [0.15, 0.2) is 21.7 Å². The molecule has 3 rings (SSSR count). The molecule has 0 unspecified atom stereocenters. The first kappa shape index (κ1) is 19.1. The van der Waals surface area contributed by atoms with E-state index in [4.69, 9.17) is 10.3 Å². The molecule has 2 aromatic heterocycles. The molecule has 0 radical (unpaired) electrons. The largest absolute Gasteiger partial charge is 0.336 e. The van der Waals surface area contributed by atoms with Gasteiger partial charge < -0.3 is 10.3 Å². The molecule has 0 amide bonds. The number of nitrogens with zero attached hydrogens (tertiary/aromatic N) is 2. The summed E-state index contributed by atoms with van der Waals surface area (Å²) in [5.74, 6) is 0. The Morgan fingerprint density at radius 1 is 1.33 bits per heavy atom. The number of sulfonamides is 1. The molecule has 24 heavy (non-hydrogen) atoms. The molecule has 1 fully saturated rings. The van der Waals surface area contributed by atoms with E-state index in [1.807, 2.05) is 6.92 Å². The summed E-state index contributed by atoms with van der Waals surface area (Å²) in [4.78, 5) is 4.16. The average Bonchev–Trinajstić information content (AvgIpc) is 2.96. The number of aromatic nitrogens is 2. The van der Waals surface area contributed by atoms with E-state index in [9.17, 15) is 8.42 Å². The summed E-state index contributed by atoms with van der Waals surface area (Å²) in [6.07, 6.45) is 6.89. The van der Waals surface area contributed by atoms with Crippen LogP contribution in [-0.4, -0.2) is 30.6 Å². The fraction of sp³-hybridized carbons (Fsp3) is 0.600. The van der Waals surface area contributed by atoms with Crippen LogP contribution < -0.4 is 10.5 Å². The molecule has 0 saturated heterocycles. The van der Waals surface area contributed by atoms with Crippen molar-refractivity contribution in [1.82, 2.24) is 14.9 Å². The van der Waals surface area contributed by atoms with Gasteiger partial charge in [0.15, 0.2) is 0 Å². The molecule has 2 aromatic rings. The van der Waals surface area contributed by atoms with Gasteiger partial charge in [-0.3, -0.25) is 0 Å². The summed E-state index contributed by atoms with van der Waals surface area (Å²) in [5, 5.41) is 4.53. The van der Waals surface area contributed by atoms with Crippen molar-refractivity contribution in [3.63, 3.8) is 0 Å². The van der Waals surface area contributed by atoms with Gasteiger partial charge in [0.2, 0.25) is 10.0 Å². The fourth-order valence-corrected chi connectivity index (χ4v) is 4.13. The second-order valence-corrected chi connectivity index (χ2v) is 8.02. The van der Waals surface area contributed by atoms with Crippen molar-refractivity contribution in [2.75, 3.05) is 6.54 Å². The number of pyridine rings is 1. The maximum Gasteiger partial charge on any atom is 0.258 e. The van der Waals surface area contributed by atoms with Crippen molar-refractivity contribution in [3.8, 4) is 0 Å². The zero-order chi connectivity index (χ0) is 16.5. The molecule has 2 heterocycles. The minimum Gasteiger partial charge on any atom is -0.336 e. The minimum absolute atomic E-state index is 0. The van der Waals surface area contributed by atoms with E-state index in [-0.39, 0.29) is 23.8 Å². The van der Waals surface area contributed by atoms with Crippen LogP contribution in [0.4, 0.5) is 0 Å². The normalized spacial score (nSPS) is 17.6. The molecule has 7 nitrogen and oxygen atoms in total. The fourth-order valence-electron chi connectivity index (χ4n) is 3.02. The zero-order valence-electron chi connectivity index (χ0n) is 13.6. The monoisotopic (exact) mass is 374 g/mol. The summed E-state index contributed by atoms with van der Waals surface area (Å²) >= 11 is 0. The van der Waals surface area contributed by atoms with Crippen molar-refractivity contribution in [1.29, 1.82) is 0 Å². The Bertz CT molecular complexity index is 800. The summed E-state index contributed by atoms with van der Waals surface area (Å²) in [6, 6.07) is 1.56. The Hall–Kier alpha value is -1.22. The highest BCUT2D eigenvalue weighted by Crippen LogP contribution is 2.26. The van der Waals surface area contributed by atoms with Gasteiger partial charge in [-0.25, -0.2) is 18.1 Å². The lowest BCUT2D eigenvalue weighted by Gasteiger charge is -2.33. The van der Waals surface area contributed by atoms with Gasteiger partial charge in [0, 0.05) is 12.1 Å². The molecule has 3 N–H and O–H groups in total. The van der Waals surface area contributed by atoms with Crippen molar-refractivity contribution >= 4 is 33.5 Å². The third-order valence-corrected chi connectivity index (χ3v) is 5.86. The molecule has 1 aliphatic carbocycles. The topological polar surface area (TPSA) is 111 Å². The first-order valence-corrected chi connectivity index (χ1v) is 9.45. The number of rotatable bonds is 5.